The zero-order valence-electron chi connectivity index (χ0n) is 15.2. The van der Waals surface area contributed by atoms with E-state index in [0.29, 0.717) is 5.95 Å². The summed E-state index contributed by atoms with van der Waals surface area (Å²) in [7, 11) is 0. The van der Waals surface area contributed by atoms with Gasteiger partial charge in [0.25, 0.3) is 0 Å². The van der Waals surface area contributed by atoms with Crippen LogP contribution in [-0.4, -0.2) is 52.9 Å². The van der Waals surface area contributed by atoms with E-state index in [1.54, 1.807) is 6.20 Å². The van der Waals surface area contributed by atoms with Crippen LogP contribution >= 0.6 is 0 Å². The molecular weight excluding hydrogens is 338 g/mol. The summed E-state index contributed by atoms with van der Waals surface area (Å²) in [5.74, 6) is 2.47. The molecule has 0 bridgehead atoms. The Morgan fingerprint density at radius 3 is 2.44 bits per heavy atom. The Bertz CT molecular complexity index is 833. The second kappa shape index (κ2) is 8.44. The highest BCUT2D eigenvalue weighted by Crippen LogP contribution is 2.16. The molecule has 27 heavy (non-hydrogen) atoms. The van der Waals surface area contributed by atoms with Gasteiger partial charge in [0, 0.05) is 38.9 Å². The Labute approximate surface area is 159 Å². The molecule has 0 aliphatic carbocycles. The fourth-order valence-electron chi connectivity index (χ4n) is 3.17. The number of anilines is 3. The fourth-order valence-corrected chi connectivity index (χ4v) is 3.17. The van der Waals surface area contributed by atoms with E-state index in [1.807, 2.05) is 30.5 Å². The maximum atomic E-state index is 4.63. The average molecular weight is 361 g/mol. The summed E-state index contributed by atoms with van der Waals surface area (Å²) in [5.41, 5.74) is 1.30. The molecule has 3 heterocycles. The van der Waals surface area contributed by atoms with Crippen LogP contribution in [0.1, 0.15) is 5.56 Å². The van der Waals surface area contributed by atoms with Crippen molar-refractivity contribution in [3.05, 3.63) is 66.5 Å². The molecule has 138 valence electrons. The molecule has 1 aliphatic rings. The lowest BCUT2D eigenvalue weighted by atomic mass is 10.1. The molecule has 3 aromatic rings. The number of benzene rings is 1. The van der Waals surface area contributed by atoms with Crippen molar-refractivity contribution >= 4 is 17.6 Å². The summed E-state index contributed by atoms with van der Waals surface area (Å²) >= 11 is 0. The molecule has 1 fully saturated rings. The Morgan fingerprint density at radius 1 is 0.889 bits per heavy atom. The molecular formula is C20H23N7. The summed E-state index contributed by atoms with van der Waals surface area (Å²) in [5, 5.41) is 11.7. The van der Waals surface area contributed by atoms with E-state index in [9.17, 15) is 0 Å². The Hall–Kier alpha value is -3.22. The molecule has 1 N–H and O–H groups in total. The number of nitrogens with zero attached hydrogens (tertiary/aromatic N) is 6. The van der Waals surface area contributed by atoms with Gasteiger partial charge < -0.3 is 15.1 Å². The monoisotopic (exact) mass is 361 g/mol. The highest BCUT2D eigenvalue weighted by Gasteiger charge is 2.20. The molecule has 1 aliphatic heterocycles. The summed E-state index contributed by atoms with van der Waals surface area (Å²) in [6, 6.07) is 16.4. The highest BCUT2D eigenvalue weighted by atomic mass is 15.4. The molecule has 0 radical (unpaired) electrons. The van der Waals surface area contributed by atoms with Crippen LogP contribution in [0.3, 0.4) is 0 Å². The van der Waals surface area contributed by atoms with Crippen LogP contribution in [-0.2, 0) is 6.42 Å². The maximum absolute atomic E-state index is 4.63. The molecule has 1 saturated heterocycles. The number of aromatic nitrogens is 4. The van der Waals surface area contributed by atoms with Crippen molar-refractivity contribution in [3.8, 4) is 0 Å². The Kier molecular flexibility index (Phi) is 5.38. The smallest absolute Gasteiger partial charge is 0.247 e. The summed E-state index contributed by atoms with van der Waals surface area (Å²) in [6.07, 6.45) is 4.46. The third kappa shape index (κ3) is 4.49. The van der Waals surface area contributed by atoms with Gasteiger partial charge in [-0.05, 0) is 24.1 Å². The number of nitrogens with one attached hydrogen (secondary N) is 1. The highest BCUT2D eigenvalue weighted by molar-refractivity contribution is 5.43. The minimum atomic E-state index is 0.681. The van der Waals surface area contributed by atoms with E-state index in [-0.39, 0.29) is 0 Å². The van der Waals surface area contributed by atoms with E-state index >= 15 is 0 Å². The Morgan fingerprint density at radius 2 is 1.67 bits per heavy atom. The van der Waals surface area contributed by atoms with Gasteiger partial charge in [-0.2, -0.15) is 10.1 Å². The van der Waals surface area contributed by atoms with Gasteiger partial charge in [-0.1, -0.05) is 36.4 Å². The normalized spacial score (nSPS) is 14.2. The first-order valence-electron chi connectivity index (χ1n) is 9.27. The minimum Gasteiger partial charge on any atom is -0.368 e. The van der Waals surface area contributed by atoms with Gasteiger partial charge in [-0.15, -0.1) is 5.10 Å². The van der Waals surface area contributed by atoms with Crippen molar-refractivity contribution in [2.45, 2.75) is 6.42 Å². The Balaban J connectivity index is 1.31. The number of hydrogen-bond acceptors (Lipinski definition) is 7. The van der Waals surface area contributed by atoms with Crippen LogP contribution in [0.25, 0.3) is 0 Å². The molecule has 4 rings (SSSR count). The van der Waals surface area contributed by atoms with E-state index in [4.69, 9.17) is 0 Å². The first-order valence-corrected chi connectivity index (χ1v) is 9.27. The van der Waals surface area contributed by atoms with Crippen LogP contribution in [0.15, 0.2) is 60.9 Å². The summed E-state index contributed by atoms with van der Waals surface area (Å²) in [4.78, 5) is 13.5. The number of rotatable bonds is 6. The first-order chi connectivity index (χ1) is 13.4. The summed E-state index contributed by atoms with van der Waals surface area (Å²) < 4.78 is 0. The van der Waals surface area contributed by atoms with Gasteiger partial charge in [-0.3, -0.25) is 0 Å². The van der Waals surface area contributed by atoms with E-state index in [1.165, 1.54) is 5.56 Å². The van der Waals surface area contributed by atoms with Crippen molar-refractivity contribution in [1.29, 1.82) is 0 Å². The lowest BCUT2D eigenvalue weighted by Crippen LogP contribution is -2.47. The van der Waals surface area contributed by atoms with Crippen LogP contribution in [0.2, 0.25) is 0 Å². The minimum absolute atomic E-state index is 0.681. The zero-order chi connectivity index (χ0) is 18.3. The standard InChI is InChI=1S/C20H23N7/c1-2-6-17(7-3-1)9-11-21-18-16-23-25-20(24-18)27-14-12-26(13-15-27)19-8-4-5-10-22-19/h1-8,10,16H,9,11-15H2,(H,21,24,25). The lowest BCUT2D eigenvalue weighted by molar-refractivity contribution is 0.630. The average Bonchev–Trinajstić information content (AvgIpc) is 2.76. The third-order valence-electron chi connectivity index (χ3n) is 4.65. The topological polar surface area (TPSA) is 70.1 Å². The molecule has 0 saturated carbocycles. The molecule has 2 aromatic heterocycles. The molecule has 1 aromatic carbocycles. The third-order valence-corrected chi connectivity index (χ3v) is 4.65. The molecule has 0 spiro atoms. The molecule has 0 unspecified atom stereocenters. The molecule has 0 amide bonds. The maximum Gasteiger partial charge on any atom is 0.247 e. The molecule has 7 nitrogen and oxygen atoms in total. The van der Waals surface area contributed by atoms with Gasteiger partial charge in [-0.25, -0.2) is 4.98 Å². The van der Waals surface area contributed by atoms with Gasteiger partial charge >= 0.3 is 0 Å². The SMILES string of the molecule is c1ccc(CCNc2cnnc(N3CCN(c4ccccn4)CC3)n2)cc1. The largest absolute Gasteiger partial charge is 0.368 e. The van der Waals surface area contributed by atoms with E-state index in [2.05, 4.69) is 59.5 Å². The van der Waals surface area contributed by atoms with Crippen molar-refractivity contribution in [2.24, 2.45) is 0 Å². The van der Waals surface area contributed by atoms with E-state index < -0.39 is 0 Å². The van der Waals surface area contributed by atoms with Crippen molar-refractivity contribution < 1.29 is 0 Å². The van der Waals surface area contributed by atoms with Crippen LogP contribution in [0.4, 0.5) is 17.6 Å². The summed E-state index contributed by atoms with van der Waals surface area (Å²) in [6.45, 7) is 4.31. The van der Waals surface area contributed by atoms with Gasteiger partial charge in [0.2, 0.25) is 5.95 Å². The molecule has 7 heteroatoms. The number of piperazine rings is 1. The first kappa shape index (κ1) is 17.2. The second-order valence-corrected chi connectivity index (χ2v) is 6.47. The predicted octanol–water partition coefficient (Wildman–Crippen LogP) is 2.25. The van der Waals surface area contributed by atoms with Crippen molar-refractivity contribution in [3.63, 3.8) is 0 Å². The van der Waals surface area contributed by atoms with Crippen LogP contribution in [0, 0.1) is 0 Å². The number of hydrogen-bond donors (Lipinski definition) is 1. The van der Waals surface area contributed by atoms with Crippen LogP contribution < -0.4 is 15.1 Å². The van der Waals surface area contributed by atoms with Crippen LogP contribution in [0.5, 0.6) is 0 Å². The van der Waals surface area contributed by atoms with Crippen molar-refractivity contribution in [1.82, 2.24) is 20.2 Å². The predicted molar refractivity (Wildman–Crippen MR) is 107 cm³/mol. The number of pyridine rings is 1. The quantitative estimate of drug-likeness (QED) is 0.722. The van der Waals surface area contributed by atoms with Gasteiger partial charge in [0.1, 0.15) is 5.82 Å². The van der Waals surface area contributed by atoms with E-state index in [0.717, 1.165) is 50.8 Å². The molecule has 0 atom stereocenters. The lowest BCUT2D eigenvalue weighted by Gasteiger charge is -2.35. The second-order valence-electron chi connectivity index (χ2n) is 6.47. The zero-order valence-corrected chi connectivity index (χ0v) is 15.2. The van der Waals surface area contributed by atoms with Gasteiger partial charge in [0.15, 0.2) is 5.82 Å². The fraction of sp³-hybridized carbons (Fsp3) is 0.300. The van der Waals surface area contributed by atoms with Gasteiger partial charge in [0.05, 0.1) is 6.20 Å². The van der Waals surface area contributed by atoms with Crippen molar-refractivity contribution in [2.75, 3.05) is 47.8 Å².